The summed E-state index contributed by atoms with van der Waals surface area (Å²) in [4.78, 5) is 16.0. The van der Waals surface area contributed by atoms with Gasteiger partial charge in [-0.25, -0.2) is 9.99 Å². The van der Waals surface area contributed by atoms with Crippen LogP contribution in [-0.4, -0.2) is 39.3 Å². The zero-order chi connectivity index (χ0) is 25.4. The van der Waals surface area contributed by atoms with E-state index in [4.69, 9.17) is 4.74 Å². The minimum Gasteiger partial charge on any atom is -0.490 e. The Morgan fingerprint density at radius 3 is 2.39 bits per heavy atom. The maximum atomic E-state index is 14.2. The minimum absolute atomic E-state index is 0.0255. The number of halogens is 3. The lowest BCUT2D eigenvalue weighted by Crippen LogP contribution is -2.55. The Morgan fingerprint density at radius 1 is 1.08 bits per heavy atom. The molecule has 5 rings (SSSR count). The van der Waals surface area contributed by atoms with Crippen LogP contribution in [0.5, 0.6) is 5.75 Å². The van der Waals surface area contributed by atoms with Crippen molar-refractivity contribution in [3.05, 3.63) is 29.8 Å². The fraction of sp³-hybridized carbons (Fsp3) is 0.630. The van der Waals surface area contributed by atoms with Crippen LogP contribution in [0.15, 0.2) is 24.3 Å². The molecule has 0 spiro atoms. The van der Waals surface area contributed by atoms with Crippen molar-refractivity contribution in [2.24, 2.45) is 11.8 Å². The third-order valence-corrected chi connectivity index (χ3v) is 8.35. The summed E-state index contributed by atoms with van der Waals surface area (Å²) < 4.78 is 48.5. The number of carbonyl (C=O) groups is 1. The van der Waals surface area contributed by atoms with Crippen LogP contribution in [0.2, 0.25) is 0 Å². The summed E-state index contributed by atoms with van der Waals surface area (Å²) in [6.45, 7) is 2.15. The van der Waals surface area contributed by atoms with Crippen molar-refractivity contribution in [2.75, 3.05) is 5.43 Å². The molecule has 2 aromatic rings. The number of aliphatic carboxylic acids is 1. The summed E-state index contributed by atoms with van der Waals surface area (Å²) in [5.41, 5.74) is 2.78. The van der Waals surface area contributed by atoms with Gasteiger partial charge in [-0.1, -0.05) is 19.8 Å². The molecule has 1 aromatic carbocycles. The molecule has 2 unspecified atom stereocenters. The Kier molecular flexibility index (Phi) is 7.03. The number of hydrogen-bond acceptors (Lipinski definition) is 5. The van der Waals surface area contributed by atoms with E-state index in [0.29, 0.717) is 24.6 Å². The first kappa shape index (κ1) is 25.1. The van der Waals surface area contributed by atoms with Gasteiger partial charge in [-0.05, 0) is 81.5 Å². The Morgan fingerprint density at radius 2 is 1.78 bits per heavy atom. The number of hydrazine groups is 1. The molecule has 196 valence electrons. The third kappa shape index (κ3) is 5.12. The molecule has 9 heteroatoms. The molecule has 0 radical (unpaired) electrons. The molecule has 2 saturated heterocycles. The van der Waals surface area contributed by atoms with Crippen LogP contribution in [0.25, 0.3) is 10.9 Å². The quantitative estimate of drug-likeness (QED) is 0.458. The van der Waals surface area contributed by atoms with E-state index in [2.05, 4.69) is 22.3 Å². The summed E-state index contributed by atoms with van der Waals surface area (Å²) in [6, 6.07) is 6.18. The molecule has 3 fully saturated rings. The van der Waals surface area contributed by atoms with Gasteiger partial charge in [0.05, 0.1) is 17.5 Å². The zero-order valence-electron chi connectivity index (χ0n) is 20.6. The second kappa shape index (κ2) is 10.1. The van der Waals surface area contributed by atoms with Crippen LogP contribution in [0.4, 0.5) is 19.0 Å². The number of aromatic nitrogens is 1. The van der Waals surface area contributed by atoms with E-state index in [0.717, 1.165) is 51.4 Å². The summed E-state index contributed by atoms with van der Waals surface area (Å²) >= 11 is 0. The number of piperidine rings is 2. The number of benzene rings is 1. The molecule has 1 saturated carbocycles. The van der Waals surface area contributed by atoms with Crippen LogP contribution >= 0.6 is 0 Å². The maximum absolute atomic E-state index is 14.2. The number of fused-ring (bicyclic) bond motifs is 3. The Balaban J connectivity index is 1.38. The topological polar surface area (TPSA) is 74.7 Å². The molecule has 2 bridgehead atoms. The number of carboxylic acid groups (broad SMARTS) is 1. The van der Waals surface area contributed by atoms with Gasteiger partial charge >= 0.3 is 12.1 Å². The second-order valence-electron chi connectivity index (χ2n) is 10.6. The van der Waals surface area contributed by atoms with Crippen LogP contribution < -0.4 is 10.2 Å². The van der Waals surface area contributed by atoms with Gasteiger partial charge in [0.25, 0.3) is 0 Å². The number of rotatable bonds is 6. The number of hydrogen-bond donors (Lipinski definition) is 2. The van der Waals surface area contributed by atoms with Gasteiger partial charge in [-0.2, -0.15) is 13.2 Å². The summed E-state index contributed by atoms with van der Waals surface area (Å²) in [5, 5.41) is 11.6. The average Bonchev–Trinajstić information content (AvgIpc) is 2.83. The molecule has 1 aliphatic carbocycles. The van der Waals surface area contributed by atoms with Crippen LogP contribution in [0.3, 0.4) is 0 Å². The predicted octanol–water partition coefficient (Wildman–Crippen LogP) is 6.65. The van der Waals surface area contributed by atoms with Gasteiger partial charge in [0.2, 0.25) is 0 Å². The molecule has 36 heavy (non-hydrogen) atoms. The number of ether oxygens (including phenoxy) is 1. The monoisotopic (exact) mass is 505 g/mol. The Hall–Kier alpha value is -2.55. The predicted molar refractivity (Wildman–Crippen MR) is 131 cm³/mol. The van der Waals surface area contributed by atoms with Crippen molar-refractivity contribution in [2.45, 2.75) is 95.5 Å². The fourth-order valence-electron chi connectivity index (χ4n) is 6.37. The number of alkyl halides is 3. The molecule has 0 amide bonds. The lowest BCUT2D eigenvalue weighted by atomic mass is 9.79. The van der Waals surface area contributed by atoms with Crippen molar-refractivity contribution in [1.82, 2.24) is 9.99 Å². The molecule has 3 heterocycles. The zero-order valence-corrected chi connectivity index (χ0v) is 20.6. The first-order chi connectivity index (χ1) is 17.2. The summed E-state index contributed by atoms with van der Waals surface area (Å²) in [6.07, 6.45) is 3.79. The molecule has 6 nitrogen and oxygen atoms in total. The summed E-state index contributed by atoms with van der Waals surface area (Å²) in [5.74, 6) is -0.136. The number of nitrogens with zero attached hydrogens (tertiary/aromatic N) is 2. The number of anilines is 1. The SMILES string of the molecule is CC[C@H]1CC[C@@H](Oc2ccc3nc(NN4C5CCCC4CC(C(=O)O)C5)ccc3c2C(F)(F)F)CC1. The highest BCUT2D eigenvalue weighted by Crippen LogP contribution is 2.43. The van der Waals surface area contributed by atoms with E-state index in [1.54, 1.807) is 12.1 Å². The molecule has 1 aromatic heterocycles. The second-order valence-corrected chi connectivity index (χ2v) is 10.6. The van der Waals surface area contributed by atoms with Gasteiger partial charge in [-0.3, -0.25) is 4.79 Å². The van der Waals surface area contributed by atoms with Crippen molar-refractivity contribution in [3.63, 3.8) is 0 Å². The van der Waals surface area contributed by atoms with Crippen molar-refractivity contribution < 1.29 is 27.8 Å². The fourth-order valence-corrected chi connectivity index (χ4v) is 6.37. The van der Waals surface area contributed by atoms with Gasteiger partial charge in [0, 0.05) is 17.5 Å². The molecule has 2 N–H and O–H groups in total. The van der Waals surface area contributed by atoms with E-state index in [1.165, 1.54) is 12.1 Å². The van der Waals surface area contributed by atoms with Crippen LogP contribution in [0, 0.1) is 11.8 Å². The Labute approximate surface area is 209 Å². The van der Waals surface area contributed by atoms with E-state index < -0.39 is 17.7 Å². The normalized spacial score (nSPS) is 29.2. The first-order valence-electron chi connectivity index (χ1n) is 13.2. The highest BCUT2D eigenvalue weighted by molar-refractivity contribution is 5.86. The largest absolute Gasteiger partial charge is 0.490 e. The highest BCUT2D eigenvalue weighted by atomic mass is 19.4. The number of nitrogens with one attached hydrogen (secondary N) is 1. The standard InChI is InChI=1S/C27H34F3N3O3/c1-2-16-6-8-20(9-7-16)36-23-12-11-22-21(25(23)27(28,29)30)10-13-24(31-22)32-33-18-4-3-5-19(33)15-17(14-18)26(34)35/h10-13,16-20H,2-9,14-15H2,1H3,(H,31,32)(H,34,35)/t16-,17?,18?,19?,20+. The highest BCUT2D eigenvalue weighted by Gasteiger charge is 2.41. The number of pyridine rings is 1. The van der Waals surface area contributed by atoms with Gasteiger partial charge in [0.15, 0.2) is 0 Å². The van der Waals surface area contributed by atoms with Crippen molar-refractivity contribution in [1.29, 1.82) is 0 Å². The molecular formula is C27H34F3N3O3. The smallest absolute Gasteiger partial charge is 0.420 e. The van der Waals surface area contributed by atoms with Gasteiger partial charge in [0.1, 0.15) is 17.1 Å². The van der Waals surface area contributed by atoms with Crippen LogP contribution in [-0.2, 0) is 11.0 Å². The van der Waals surface area contributed by atoms with E-state index in [1.807, 2.05) is 0 Å². The lowest BCUT2D eigenvalue weighted by molar-refractivity contribution is -0.145. The first-order valence-corrected chi connectivity index (χ1v) is 13.2. The Bertz CT molecular complexity index is 1090. The molecule has 2 aliphatic heterocycles. The minimum atomic E-state index is -4.57. The maximum Gasteiger partial charge on any atom is 0.420 e. The lowest BCUT2D eigenvalue weighted by Gasteiger charge is -2.47. The van der Waals surface area contributed by atoms with E-state index >= 15 is 0 Å². The summed E-state index contributed by atoms with van der Waals surface area (Å²) in [7, 11) is 0. The molecular weight excluding hydrogens is 471 g/mol. The van der Waals surface area contributed by atoms with Gasteiger partial charge < -0.3 is 15.3 Å². The van der Waals surface area contributed by atoms with Gasteiger partial charge in [-0.15, -0.1) is 0 Å². The van der Waals surface area contributed by atoms with Crippen LogP contribution in [0.1, 0.15) is 76.7 Å². The average molecular weight is 506 g/mol. The van der Waals surface area contributed by atoms with Crippen molar-refractivity contribution >= 4 is 22.7 Å². The van der Waals surface area contributed by atoms with Crippen molar-refractivity contribution in [3.8, 4) is 5.75 Å². The number of carboxylic acids is 1. The molecule has 2 atom stereocenters. The van der Waals surface area contributed by atoms with E-state index in [9.17, 15) is 23.1 Å². The van der Waals surface area contributed by atoms with E-state index in [-0.39, 0.29) is 40.8 Å². The third-order valence-electron chi connectivity index (χ3n) is 8.35. The molecule has 3 aliphatic rings.